The molecule has 116 valence electrons. The van der Waals surface area contributed by atoms with E-state index < -0.39 is 16.6 Å². The van der Waals surface area contributed by atoms with E-state index in [4.69, 9.17) is 9.84 Å². The topological polar surface area (TPSA) is 108 Å². The third kappa shape index (κ3) is 4.53. The maximum Gasteiger partial charge on any atom is 0.244 e. The first kappa shape index (κ1) is 17.1. The zero-order valence-corrected chi connectivity index (χ0v) is 12.8. The largest absolute Gasteiger partial charge is 0.390 e. The summed E-state index contributed by atoms with van der Waals surface area (Å²) in [6.07, 6.45) is 0. The van der Waals surface area contributed by atoms with Crippen LogP contribution in [0, 0.1) is 6.92 Å². The van der Waals surface area contributed by atoms with E-state index in [-0.39, 0.29) is 17.1 Å². The van der Waals surface area contributed by atoms with E-state index in [1.165, 1.54) is 0 Å². The Hall–Kier alpha value is -1.00. The minimum Gasteiger partial charge on any atom is -0.390 e. The normalized spacial score (nSPS) is 12.2. The number of aromatic amines is 1. The summed E-state index contributed by atoms with van der Waals surface area (Å²) in [7, 11) is -0.164. The molecule has 0 aliphatic heterocycles. The van der Waals surface area contributed by atoms with Gasteiger partial charge in [-0.15, -0.1) is 0 Å². The first-order valence-electron chi connectivity index (χ1n) is 6.24. The van der Waals surface area contributed by atoms with Crippen LogP contribution in [0.3, 0.4) is 0 Å². The highest BCUT2D eigenvalue weighted by Gasteiger charge is 2.23. The number of hydrogen-bond acceptors (Lipinski definition) is 6. The van der Waals surface area contributed by atoms with Crippen LogP contribution in [-0.4, -0.2) is 69.0 Å². The van der Waals surface area contributed by atoms with Gasteiger partial charge in [0.2, 0.25) is 10.0 Å². The molecule has 20 heavy (non-hydrogen) atoms. The molecule has 1 heterocycles. The smallest absolute Gasteiger partial charge is 0.244 e. The molecule has 1 rings (SSSR count). The van der Waals surface area contributed by atoms with Gasteiger partial charge in [-0.05, 0) is 14.0 Å². The average Bonchev–Trinajstić information content (AvgIpc) is 2.78. The Morgan fingerprint density at radius 2 is 2.15 bits per heavy atom. The quantitative estimate of drug-likeness (QED) is 0.544. The molecule has 1 aromatic heterocycles. The fourth-order valence-electron chi connectivity index (χ4n) is 1.74. The van der Waals surface area contributed by atoms with Gasteiger partial charge in [-0.2, -0.15) is 5.10 Å². The standard InChI is InChI=1S/C11H22N4O4S/c1-9-11(10(8-16)14-13-9)20(17,18)12-4-5-15(2)6-7-19-3/h12,16H,4-8H2,1-3H3,(H,13,14). The molecule has 0 unspecified atom stereocenters. The molecule has 0 fully saturated rings. The molecular weight excluding hydrogens is 284 g/mol. The van der Waals surface area contributed by atoms with Crippen molar-refractivity contribution in [2.45, 2.75) is 18.4 Å². The summed E-state index contributed by atoms with van der Waals surface area (Å²) in [6, 6.07) is 0. The van der Waals surface area contributed by atoms with Crippen LogP contribution >= 0.6 is 0 Å². The zero-order valence-electron chi connectivity index (χ0n) is 12.0. The van der Waals surface area contributed by atoms with E-state index in [0.717, 1.165) is 6.54 Å². The Labute approximate surface area is 119 Å². The van der Waals surface area contributed by atoms with Gasteiger partial charge in [-0.25, -0.2) is 13.1 Å². The first-order valence-corrected chi connectivity index (χ1v) is 7.72. The number of aryl methyl sites for hydroxylation is 1. The molecule has 1 aromatic rings. The first-order chi connectivity index (χ1) is 9.42. The van der Waals surface area contributed by atoms with Crippen molar-refractivity contribution < 1.29 is 18.3 Å². The van der Waals surface area contributed by atoms with Gasteiger partial charge in [0.15, 0.2) is 0 Å². The molecule has 9 heteroatoms. The van der Waals surface area contributed by atoms with Crippen molar-refractivity contribution in [3.8, 4) is 0 Å². The Kier molecular flexibility index (Phi) is 6.56. The summed E-state index contributed by atoms with van der Waals surface area (Å²) in [5.74, 6) is 0. The maximum atomic E-state index is 12.2. The Bertz CT molecular complexity index is 514. The van der Waals surface area contributed by atoms with Crippen molar-refractivity contribution in [1.82, 2.24) is 19.8 Å². The van der Waals surface area contributed by atoms with Gasteiger partial charge in [-0.3, -0.25) is 5.10 Å². The molecule has 0 saturated heterocycles. The molecule has 0 amide bonds. The van der Waals surface area contributed by atoms with Crippen molar-refractivity contribution in [3.63, 3.8) is 0 Å². The molecule has 0 aliphatic rings. The lowest BCUT2D eigenvalue weighted by Gasteiger charge is -2.16. The van der Waals surface area contributed by atoms with Crippen LogP contribution in [0.25, 0.3) is 0 Å². The van der Waals surface area contributed by atoms with E-state index in [9.17, 15) is 8.42 Å². The number of aromatic nitrogens is 2. The minimum absolute atomic E-state index is 0.0274. The van der Waals surface area contributed by atoms with Gasteiger partial charge in [0.05, 0.1) is 18.9 Å². The van der Waals surface area contributed by atoms with Crippen LogP contribution in [0.4, 0.5) is 0 Å². The van der Waals surface area contributed by atoms with E-state index in [0.29, 0.717) is 18.8 Å². The zero-order chi connectivity index (χ0) is 15.2. The van der Waals surface area contributed by atoms with Gasteiger partial charge >= 0.3 is 0 Å². The van der Waals surface area contributed by atoms with Crippen LogP contribution in [0.15, 0.2) is 4.90 Å². The summed E-state index contributed by atoms with van der Waals surface area (Å²) in [5.41, 5.74) is 0.539. The SMILES string of the molecule is COCCN(C)CCNS(=O)(=O)c1c(CO)n[nH]c1C. The number of sulfonamides is 1. The Morgan fingerprint density at radius 1 is 1.45 bits per heavy atom. The molecule has 0 spiro atoms. The van der Waals surface area contributed by atoms with Crippen molar-refractivity contribution in [2.75, 3.05) is 40.4 Å². The van der Waals surface area contributed by atoms with E-state index in [1.54, 1.807) is 14.0 Å². The fraction of sp³-hybridized carbons (Fsp3) is 0.727. The lowest BCUT2D eigenvalue weighted by Crippen LogP contribution is -2.34. The lowest BCUT2D eigenvalue weighted by atomic mass is 10.4. The van der Waals surface area contributed by atoms with Gasteiger partial charge in [0.25, 0.3) is 0 Å². The van der Waals surface area contributed by atoms with Crippen LogP contribution in [0.2, 0.25) is 0 Å². The molecule has 0 aliphatic carbocycles. The molecule has 8 nitrogen and oxygen atoms in total. The summed E-state index contributed by atoms with van der Waals surface area (Å²) >= 11 is 0. The fourth-order valence-corrected chi connectivity index (χ4v) is 3.11. The summed E-state index contributed by atoms with van der Waals surface area (Å²) in [4.78, 5) is 1.99. The number of hydrogen-bond donors (Lipinski definition) is 3. The summed E-state index contributed by atoms with van der Waals surface area (Å²) in [6.45, 7) is 3.34. The van der Waals surface area contributed by atoms with Gasteiger partial charge in [0.1, 0.15) is 10.6 Å². The van der Waals surface area contributed by atoms with Crippen molar-refractivity contribution in [3.05, 3.63) is 11.4 Å². The number of likely N-dealkylation sites (N-methyl/N-ethyl adjacent to an activating group) is 1. The van der Waals surface area contributed by atoms with Gasteiger partial charge in [0, 0.05) is 26.7 Å². The number of aliphatic hydroxyl groups is 1. The highest BCUT2D eigenvalue weighted by molar-refractivity contribution is 7.89. The summed E-state index contributed by atoms with van der Waals surface area (Å²) < 4.78 is 31.8. The maximum absolute atomic E-state index is 12.2. The predicted octanol–water partition coefficient (Wildman–Crippen LogP) is -0.933. The van der Waals surface area contributed by atoms with Crippen LogP contribution in [0.1, 0.15) is 11.4 Å². The van der Waals surface area contributed by atoms with Gasteiger partial charge < -0.3 is 14.7 Å². The monoisotopic (exact) mass is 306 g/mol. The average molecular weight is 306 g/mol. The van der Waals surface area contributed by atoms with Crippen LogP contribution in [-0.2, 0) is 21.4 Å². The second kappa shape index (κ2) is 7.70. The molecule has 3 N–H and O–H groups in total. The third-order valence-corrected chi connectivity index (χ3v) is 4.51. The van der Waals surface area contributed by atoms with Crippen LogP contribution < -0.4 is 4.72 Å². The number of aliphatic hydroxyl groups excluding tert-OH is 1. The number of nitrogens with zero attached hydrogens (tertiary/aromatic N) is 2. The third-order valence-electron chi connectivity index (χ3n) is 2.84. The van der Waals surface area contributed by atoms with Crippen molar-refractivity contribution >= 4 is 10.0 Å². The van der Waals surface area contributed by atoms with Gasteiger partial charge in [-0.1, -0.05) is 0 Å². The second-order valence-electron chi connectivity index (χ2n) is 4.48. The highest BCUT2D eigenvalue weighted by Crippen LogP contribution is 2.16. The number of H-pyrrole nitrogens is 1. The molecular formula is C11H22N4O4S. The predicted molar refractivity (Wildman–Crippen MR) is 73.8 cm³/mol. The summed E-state index contributed by atoms with van der Waals surface area (Å²) in [5, 5.41) is 15.4. The van der Waals surface area contributed by atoms with Crippen LogP contribution in [0.5, 0.6) is 0 Å². The van der Waals surface area contributed by atoms with E-state index >= 15 is 0 Å². The number of nitrogens with one attached hydrogen (secondary N) is 2. The molecule has 0 aromatic carbocycles. The Morgan fingerprint density at radius 3 is 2.75 bits per heavy atom. The van der Waals surface area contributed by atoms with Crippen molar-refractivity contribution in [1.29, 1.82) is 0 Å². The number of ether oxygens (including phenoxy) is 1. The van der Waals surface area contributed by atoms with Crippen molar-refractivity contribution in [2.24, 2.45) is 0 Å². The highest BCUT2D eigenvalue weighted by atomic mass is 32.2. The molecule has 0 saturated carbocycles. The Balaban J connectivity index is 2.60. The minimum atomic E-state index is -3.67. The van der Waals surface area contributed by atoms with E-state index in [1.807, 2.05) is 11.9 Å². The van der Waals surface area contributed by atoms with E-state index in [2.05, 4.69) is 14.9 Å². The number of methoxy groups -OCH3 is 1. The molecule has 0 atom stereocenters. The molecule has 0 bridgehead atoms. The molecule has 0 radical (unpaired) electrons. The number of rotatable bonds is 9. The lowest BCUT2D eigenvalue weighted by molar-refractivity contribution is 0.162. The second-order valence-corrected chi connectivity index (χ2v) is 6.18.